The Morgan fingerprint density at radius 2 is 2.00 bits per heavy atom. The average molecular weight is 341 g/mol. The number of carbonyl (C=O) groups excluding carboxylic acids is 1. The van der Waals surface area contributed by atoms with Gasteiger partial charge in [-0.1, -0.05) is 0 Å². The van der Waals surface area contributed by atoms with Crippen molar-refractivity contribution in [2.45, 2.75) is 0 Å². The summed E-state index contributed by atoms with van der Waals surface area (Å²) >= 11 is 0. The minimum absolute atomic E-state index is 0.0814. The summed E-state index contributed by atoms with van der Waals surface area (Å²) in [6, 6.07) is 8.79. The van der Waals surface area contributed by atoms with Crippen LogP contribution >= 0.6 is 0 Å². The summed E-state index contributed by atoms with van der Waals surface area (Å²) in [5, 5.41) is 13.2. The van der Waals surface area contributed by atoms with Gasteiger partial charge in [-0.3, -0.25) is 14.9 Å². The Hall–Kier alpha value is -3.75. The van der Waals surface area contributed by atoms with Crippen molar-refractivity contribution in [3.8, 4) is 5.69 Å². The number of pyridine rings is 1. The molecule has 0 bridgehead atoms. The number of benzene rings is 1. The van der Waals surface area contributed by atoms with Gasteiger partial charge in [0.05, 0.1) is 16.2 Å². The first-order chi connectivity index (χ1) is 12.0. The number of nitrogens with zero attached hydrogens (tertiary/aromatic N) is 3. The third-order valence-corrected chi connectivity index (χ3v) is 3.46. The van der Waals surface area contributed by atoms with Crippen LogP contribution in [0.4, 0.5) is 21.6 Å². The Balaban J connectivity index is 1.92. The van der Waals surface area contributed by atoms with Gasteiger partial charge in [0.15, 0.2) is 0 Å². The Bertz CT molecular complexity index is 956. The maximum absolute atomic E-state index is 14.0. The summed E-state index contributed by atoms with van der Waals surface area (Å²) in [7, 11) is 0. The molecule has 2 aromatic heterocycles. The molecule has 0 aliphatic rings. The van der Waals surface area contributed by atoms with Gasteiger partial charge in [0, 0.05) is 24.1 Å². The van der Waals surface area contributed by atoms with Crippen LogP contribution in [0.2, 0.25) is 0 Å². The third kappa shape index (κ3) is 3.29. The molecule has 9 heteroatoms. The lowest BCUT2D eigenvalue weighted by Gasteiger charge is -2.10. The number of aromatic nitrogens is 2. The number of nitrogen functional groups attached to an aromatic ring is 1. The Kier molecular flexibility index (Phi) is 4.12. The summed E-state index contributed by atoms with van der Waals surface area (Å²) in [6.07, 6.45) is 4.47. The molecule has 0 atom stereocenters. The van der Waals surface area contributed by atoms with Gasteiger partial charge < -0.3 is 15.6 Å². The Labute approximate surface area is 140 Å². The first-order valence-electron chi connectivity index (χ1n) is 7.10. The highest BCUT2D eigenvalue weighted by atomic mass is 19.1. The van der Waals surface area contributed by atoms with Gasteiger partial charge in [-0.25, -0.2) is 9.37 Å². The van der Waals surface area contributed by atoms with E-state index in [1.165, 1.54) is 12.1 Å². The maximum Gasteiger partial charge on any atom is 0.288 e. The zero-order valence-electron chi connectivity index (χ0n) is 12.7. The number of nitrogens with two attached hydrogens (primary N) is 1. The van der Waals surface area contributed by atoms with E-state index in [0.29, 0.717) is 5.69 Å². The van der Waals surface area contributed by atoms with Crippen LogP contribution in [0.15, 0.2) is 55.0 Å². The van der Waals surface area contributed by atoms with Crippen molar-refractivity contribution in [2.24, 2.45) is 0 Å². The molecular formula is C16H12FN5O3. The molecule has 3 rings (SSSR count). The van der Waals surface area contributed by atoms with Crippen LogP contribution in [-0.4, -0.2) is 20.4 Å². The maximum atomic E-state index is 14.0. The quantitative estimate of drug-likeness (QED) is 0.559. The molecular weight excluding hydrogens is 329 g/mol. The zero-order valence-corrected chi connectivity index (χ0v) is 12.7. The summed E-state index contributed by atoms with van der Waals surface area (Å²) in [6.45, 7) is 0. The van der Waals surface area contributed by atoms with Crippen LogP contribution in [0.1, 0.15) is 10.4 Å². The van der Waals surface area contributed by atoms with Crippen LogP contribution < -0.4 is 11.1 Å². The minimum atomic E-state index is -0.794. The van der Waals surface area contributed by atoms with Crippen LogP contribution in [0, 0.1) is 15.9 Å². The van der Waals surface area contributed by atoms with Gasteiger partial charge in [0.1, 0.15) is 17.8 Å². The fourth-order valence-corrected chi connectivity index (χ4v) is 2.21. The lowest BCUT2D eigenvalue weighted by molar-refractivity contribution is -0.385. The van der Waals surface area contributed by atoms with Crippen molar-refractivity contribution in [1.29, 1.82) is 0 Å². The van der Waals surface area contributed by atoms with E-state index in [9.17, 15) is 19.3 Å². The molecule has 3 aromatic rings. The smallest absolute Gasteiger partial charge is 0.288 e. The van der Waals surface area contributed by atoms with E-state index in [1.54, 1.807) is 35.2 Å². The molecule has 1 aromatic carbocycles. The van der Waals surface area contributed by atoms with Crippen molar-refractivity contribution >= 4 is 23.1 Å². The third-order valence-electron chi connectivity index (χ3n) is 3.46. The normalized spacial score (nSPS) is 10.4. The molecule has 126 valence electrons. The fourth-order valence-electron chi connectivity index (χ4n) is 2.21. The minimum Gasteiger partial charge on any atom is -0.383 e. The van der Waals surface area contributed by atoms with Gasteiger partial charge in [-0.05, 0) is 30.3 Å². The monoisotopic (exact) mass is 341 g/mol. The van der Waals surface area contributed by atoms with Crippen LogP contribution in [-0.2, 0) is 0 Å². The van der Waals surface area contributed by atoms with Gasteiger partial charge in [-0.15, -0.1) is 0 Å². The number of hydrogen-bond acceptors (Lipinski definition) is 5. The van der Waals surface area contributed by atoms with E-state index in [0.717, 1.165) is 12.3 Å². The molecule has 0 saturated carbocycles. The second kappa shape index (κ2) is 6.40. The van der Waals surface area contributed by atoms with E-state index >= 15 is 0 Å². The number of nitro groups is 1. The van der Waals surface area contributed by atoms with Crippen molar-refractivity contribution in [1.82, 2.24) is 9.55 Å². The predicted molar refractivity (Wildman–Crippen MR) is 89.0 cm³/mol. The molecule has 1 amide bonds. The summed E-state index contributed by atoms with van der Waals surface area (Å²) in [5.41, 5.74) is 5.55. The lowest BCUT2D eigenvalue weighted by atomic mass is 10.2. The van der Waals surface area contributed by atoms with Crippen molar-refractivity contribution < 1.29 is 14.1 Å². The molecule has 2 heterocycles. The first-order valence-corrected chi connectivity index (χ1v) is 7.10. The summed E-state index contributed by atoms with van der Waals surface area (Å²) < 4.78 is 15.8. The number of halogens is 1. The lowest BCUT2D eigenvalue weighted by Crippen LogP contribution is -2.16. The van der Waals surface area contributed by atoms with Crippen LogP contribution in [0.3, 0.4) is 0 Å². The molecule has 3 N–H and O–H groups in total. The topological polar surface area (TPSA) is 116 Å². The van der Waals surface area contributed by atoms with Gasteiger partial charge in [-0.2, -0.15) is 0 Å². The Morgan fingerprint density at radius 1 is 1.28 bits per heavy atom. The summed E-state index contributed by atoms with van der Waals surface area (Å²) in [5.74, 6) is -1.64. The average Bonchev–Trinajstić information content (AvgIpc) is 3.11. The Morgan fingerprint density at radius 3 is 2.68 bits per heavy atom. The van der Waals surface area contributed by atoms with E-state index in [-0.39, 0.29) is 22.8 Å². The molecule has 0 radical (unpaired) electrons. The van der Waals surface area contributed by atoms with E-state index in [4.69, 9.17) is 5.73 Å². The SMILES string of the molecule is Nc1ncc([N+](=O)[O-])cc1C(=O)Nc1cc(-n2cccc2)ccc1F. The predicted octanol–water partition coefficient (Wildman–Crippen LogP) is 2.75. The van der Waals surface area contributed by atoms with Crippen molar-refractivity contribution in [3.05, 3.63) is 76.5 Å². The molecule has 8 nitrogen and oxygen atoms in total. The number of nitrogens with one attached hydrogen (secondary N) is 1. The zero-order chi connectivity index (χ0) is 18.0. The van der Waals surface area contributed by atoms with Crippen LogP contribution in [0.5, 0.6) is 0 Å². The van der Waals surface area contributed by atoms with E-state index in [2.05, 4.69) is 10.3 Å². The molecule has 0 spiro atoms. The first kappa shape index (κ1) is 16.1. The summed E-state index contributed by atoms with van der Waals surface area (Å²) in [4.78, 5) is 26.1. The largest absolute Gasteiger partial charge is 0.383 e. The van der Waals surface area contributed by atoms with Gasteiger partial charge in [0.25, 0.3) is 11.6 Å². The number of rotatable bonds is 4. The highest BCUT2D eigenvalue weighted by molar-refractivity contribution is 6.07. The highest BCUT2D eigenvalue weighted by Gasteiger charge is 2.18. The molecule has 0 aliphatic heterocycles. The highest BCUT2D eigenvalue weighted by Crippen LogP contribution is 2.22. The number of hydrogen-bond donors (Lipinski definition) is 2. The fraction of sp³-hybridized carbons (Fsp3) is 0. The molecule has 0 unspecified atom stereocenters. The molecule has 0 saturated heterocycles. The number of amides is 1. The second-order valence-electron chi connectivity index (χ2n) is 5.09. The molecule has 0 fully saturated rings. The van der Waals surface area contributed by atoms with Crippen LogP contribution in [0.25, 0.3) is 5.69 Å². The molecule has 0 aliphatic carbocycles. The van der Waals surface area contributed by atoms with Crippen molar-refractivity contribution in [2.75, 3.05) is 11.1 Å². The standard InChI is InChI=1S/C16H12FN5O3/c17-13-4-3-10(21-5-1-2-6-21)8-14(13)20-16(23)12-7-11(22(24)25)9-19-15(12)18/h1-9H,(H2,18,19)(H,20,23). The van der Waals surface area contributed by atoms with E-state index in [1.807, 2.05) is 0 Å². The van der Waals surface area contributed by atoms with Crippen molar-refractivity contribution in [3.63, 3.8) is 0 Å². The van der Waals surface area contributed by atoms with Gasteiger partial charge in [0.2, 0.25) is 0 Å². The number of carbonyl (C=O) groups is 1. The molecule has 25 heavy (non-hydrogen) atoms. The second-order valence-corrected chi connectivity index (χ2v) is 5.09. The van der Waals surface area contributed by atoms with E-state index < -0.39 is 16.6 Å². The number of anilines is 2. The van der Waals surface area contributed by atoms with Gasteiger partial charge >= 0.3 is 0 Å².